The summed E-state index contributed by atoms with van der Waals surface area (Å²) in [6.45, 7) is 2.19. The molecule has 0 saturated heterocycles. The Labute approximate surface area is 118 Å². The number of rotatable bonds is 9. The fourth-order valence-corrected chi connectivity index (χ4v) is 2.80. The smallest absolute Gasteiger partial charge is 0.335 e. The molecule has 1 N–H and O–H groups in total. The summed E-state index contributed by atoms with van der Waals surface area (Å²) in [4.78, 5) is 11.2. The van der Waals surface area contributed by atoms with E-state index < -0.39 is 5.97 Å². The third-order valence-corrected chi connectivity index (χ3v) is 4.05. The highest BCUT2D eigenvalue weighted by molar-refractivity contribution is 7.99. The number of carboxylic acids is 1. The van der Waals surface area contributed by atoms with E-state index in [0.717, 1.165) is 18.6 Å². The number of hydrogen-bond donors (Lipinski definition) is 1. The molecule has 0 aliphatic heterocycles. The normalized spacial score (nSPS) is 10.6. The summed E-state index contributed by atoms with van der Waals surface area (Å²) in [5.41, 5.74) is 0.145. The Hall–Kier alpha value is -1.03. The Morgan fingerprint density at radius 1 is 1.21 bits per heavy atom. The summed E-state index contributed by atoms with van der Waals surface area (Å²) >= 11 is 1.40. The van der Waals surface area contributed by atoms with Crippen LogP contribution in [0.1, 0.15) is 55.8 Å². The predicted octanol–water partition coefficient (Wildman–Crippen LogP) is 4.98. The summed E-state index contributed by atoms with van der Waals surface area (Å²) in [5, 5.41) is 8.86. The second kappa shape index (κ2) is 8.97. The van der Waals surface area contributed by atoms with Crippen LogP contribution in [0.2, 0.25) is 0 Å². The number of carboxylic acid groups (broad SMARTS) is 1. The molecule has 0 aromatic heterocycles. The summed E-state index contributed by atoms with van der Waals surface area (Å²) in [7, 11) is 0. The SMILES string of the molecule is CCCCCCCCSc1cc(C(=O)O)ccc1F. The lowest BCUT2D eigenvalue weighted by atomic mass is 10.1. The third-order valence-electron chi connectivity index (χ3n) is 2.93. The van der Waals surface area contributed by atoms with E-state index in [1.54, 1.807) is 0 Å². The standard InChI is InChI=1S/C15H21FO2S/c1-2-3-4-5-6-7-10-19-14-11-12(15(17)18)8-9-13(14)16/h8-9,11H,2-7,10H2,1H3,(H,17,18). The molecule has 19 heavy (non-hydrogen) atoms. The maximum absolute atomic E-state index is 13.5. The minimum Gasteiger partial charge on any atom is -0.478 e. The molecular weight excluding hydrogens is 263 g/mol. The number of thioether (sulfide) groups is 1. The Balaban J connectivity index is 2.32. The molecule has 0 atom stereocenters. The van der Waals surface area contributed by atoms with E-state index in [1.807, 2.05) is 0 Å². The number of benzene rings is 1. The first kappa shape index (κ1) is 16.0. The zero-order valence-electron chi connectivity index (χ0n) is 11.3. The number of carbonyl (C=O) groups is 1. The number of unbranched alkanes of at least 4 members (excludes halogenated alkanes) is 5. The molecular formula is C15H21FO2S. The van der Waals surface area contributed by atoms with Gasteiger partial charge >= 0.3 is 5.97 Å². The molecule has 0 spiro atoms. The molecule has 0 saturated carbocycles. The lowest BCUT2D eigenvalue weighted by molar-refractivity contribution is 0.0696. The van der Waals surface area contributed by atoms with E-state index in [-0.39, 0.29) is 11.4 Å². The van der Waals surface area contributed by atoms with Gasteiger partial charge in [0, 0.05) is 4.90 Å². The summed E-state index contributed by atoms with van der Waals surface area (Å²) in [6.07, 6.45) is 7.22. The van der Waals surface area contributed by atoms with Crippen LogP contribution in [-0.2, 0) is 0 Å². The van der Waals surface area contributed by atoms with Crippen molar-refractivity contribution in [2.45, 2.75) is 50.3 Å². The van der Waals surface area contributed by atoms with Gasteiger partial charge in [0.05, 0.1) is 5.56 Å². The largest absolute Gasteiger partial charge is 0.478 e. The lowest BCUT2D eigenvalue weighted by Crippen LogP contribution is -1.97. The summed E-state index contributed by atoms with van der Waals surface area (Å²) in [6, 6.07) is 3.94. The topological polar surface area (TPSA) is 37.3 Å². The molecule has 0 amide bonds. The van der Waals surface area contributed by atoms with Crippen molar-refractivity contribution in [1.82, 2.24) is 0 Å². The lowest BCUT2D eigenvalue weighted by Gasteiger charge is -2.05. The Morgan fingerprint density at radius 3 is 2.58 bits per heavy atom. The van der Waals surface area contributed by atoms with Gasteiger partial charge in [0.15, 0.2) is 0 Å². The van der Waals surface area contributed by atoms with Gasteiger partial charge < -0.3 is 5.11 Å². The maximum atomic E-state index is 13.5. The monoisotopic (exact) mass is 284 g/mol. The molecule has 0 heterocycles. The van der Waals surface area contributed by atoms with Gasteiger partial charge in [-0.1, -0.05) is 39.0 Å². The maximum Gasteiger partial charge on any atom is 0.335 e. The fraction of sp³-hybridized carbons (Fsp3) is 0.533. The Morgan fingerprint density at radius 2 is 1.89 bits per heavy atom. The van der Waals surface area contributed by atoms with E-state index in [2.05, 4.69) is 6.92 Å². The zero-order valence-corrected chi connectivity index (χ0v) is 12.1. The van der Waals surface area contributed by atoms with Crippen LogP contribution in [-0.4, -0.2) is 16.8 Å². The molecule has 0 aliphatic carbocycles. The number of aromatic carboxylic acids is 1. The van der Waals surface area contributed by atoms with E-state index >= 15 is 0 Å². The minimum atomic E-state index is -1.01. The first-order chi connectivity index (χ1) is 9.15. The Bertz CT molecular complexity index is 407. The van der Waals surface area contributed by atoms with Crippen molar-refractivity contribution in [3.05, 3.63) is 29.6 Å². The van der Waals surface area contributed by atoms with Gasteiger partial charge in [-0.2, -0.15) is 0 Å². The van der Waals surface area contributed by atoms with E-state index in [9.17, 15) is 9.18 Å². The molecule has 0 aliphatic rings. The van der Waals surface area contributed by atoms with Gasteiger partial charge in [0.2, 0.25) is 0 Å². The van der Waals surface area contributed by atoms with Gasteiger partial charge in [-0.3, -0.25) is 0 Å². The van der Waals surface area contributed by atoms with Gasteiger partial charge in [-0.15, -0.1) is 11.8 Å². The van der Waals surface area contributed by atoms with Crippen LogP contribution in [0.25, 0.3) is 0 Å². The van der Waals surface area contributed by atoms with Crippen molar-refractivity contribution in [3.63, 3.8) is 0 Å². The fourth-order valence-electron chi connectivity index (χ4n) is 1.81. The van der Waals surface area contributed by atoms with Crippen LogP contribution < -0.4 is 0 Å². The quantitative estimate of drug-likeness (QED) is 0.513. The average Bonchev–Trinajstić information content (AvgIpc) is 2.39. The molecule has 106 valence electrons. The van der Waals surface area contributed by atoms with Crippen LogP contribution in [0.5, 0.6) is 0 Å². The minimum absolute atomic E-state index is 0.145. The molecule has 0 unspecified atom stereocenters. The number of hydrogen-bond acceptors (Lipinski definition) is 2. The number of halogens is 1. The highest BCUT2D eigenvalue weighted by atomic mass is 32.2. The van der Waals surface area contributed by atoms with Crippen LogP contribution in [0, 0.1) is 5.82 Å². The van der Waals surface area contributed by atoms with Gasteiger partial charge in [0.25, 0.3) is 0 Å². The van der Waals surface area contributed by atoms with Crippen molar-refractivity contribution in [1.29, 1.82) is 0 Å². The van der Waals surface area contributed by atoms with Crippen LogP contribution in [0.4, 0.5) is 4.39 Å². The second-order valence-corrected chi connectivity index (χ2v) is 5.70. The zero-order chi connectivity index (χ0) is 14.1. The van der Waals surface area contributed by atoms with Crippen molar-refractivity contribution < 1.29 is 14.3 Å². The van der Waals surface area contributed by atoms with E-state index in [0.29, 0.717) is 4.90 Å². The van der Waals surface area contributed by atoms with Crippen molar-refractivity contribution in [2.75, 3.05) is 5.75 Å². The van der Waals surface area contributed by atoms with Crippen LogP contribution in [0.3, 0.4) is 0 Å². The van der Waals surface area contributed by atoms with Gasteiger partial charge in [0.1, 0.15) is 5.82 Å². The third kappa shape index (κ3) is 6.10. The summed E-state index contributed by atoms with van der Waals surface area (Å²) < 4.78 is 13.5. The first-order valence-electron chi connectivity index (χ1n) is 6.80. The Kier molecular flexibility index (Phi) is 7.56. The van der Waals surface area contributed by atoms with Crippen LogP contribution >= 0.6 is 11.8 Å². The van der Waals surface area contributed by atoms with Crippen molar-refractivity contribution in [2.24, 2.45) is 0 Å². The summed E-state index contributed by atoms with van der Waals surface area (Å²) in [5.74, 6) is -0.506. The molecule has 1 aromatic rings. The van der Waals surface area contributed by atoms with Gasteiger partial charge in [-0.25, -0.2) is 9.18 Å². The second-order valence-electron chi connectivity index (χ2n) is 4.57. The molecule has 0 radical (unpaired) electrons. The molecule has 4 heteroatoms. The van der Waals surface area contributed by atoms with E-state index in [4.69, 9.17) is 5.11 Å². The molecule has 0 bridgehead atoms. The molecule has 1 rings (SSSR count). The van der Waals surface area contributed by atoms with Crippen molar-refractivity contribution in [3.8, 4) is 0 Å². The molecule has 0 fully saturated rings. The van der Waals surface area contributed by atoms with Crippen LogP contribution in [0.15, 0.2) is 23.1 Å². The van der Waals surface area contributed by atoms with Crippen molar-refractivity contribution >= 4 is 17.7 Å². The predicted molar refractivity (Wildman–Crippen MR) is 77.5 cm³/mol. The molecule has 1 aromatic carbocycles. The van der Waals surface area contributed by atoms with E-state index in [1.165, 1.54) is 55.6 Å². The molecule has 2 nitrogen and oxygen atoms in total. The van der Waals surface area contributed by atoms with Gasteiger partial charge in [-0.05, 0) is 30.4 Å². The first-order valence-corrected chi connectivity index (χ1v) is 7.79. The average molecular weight is 284 g/mol. The highest BCUT2D eigenvalue weighted by Gasteiger charge is 2.08. The highest BCUT2D eigenvalue weighted by Crippen LogP contribution is 2.24.